The Kier molecular flexibility index (Phi) is 5.06. The van der Waals surface area contributed by atoms with Gasteiger partial charge in [0.1, 0.15) is 0 Å². The van der Waals surface area contributed by atoms with Crippen LogP contribution in [-0.4, -0.2) is 38.0 Å². The molecule has 1 aliphatic carbocycles. The van der Waals surface area contributed by atoms with E-state index in [0.29, 0.717) is 12.5 Å². The number of carbonyl (C=O) groups excluding carboxylic acids is 1. The molecule has 2 aromatic rings. The van der Waals surface area contributed by atoms with Gasteiger partial charge < -0.3 is 4.90 Å². The van der Waals surface area contributed by atoms with Gasteiger partial charge in [-0.3, -0.25) is 13.9 Å². The number of amides is 1. The first-order valence-electron chi connectivity index (χ1n) is 10.4. The molecule has 0 unspecified atom stereocenters. The summed E-state index contributed by atoms with van der Waals surface area (Å²) in [5, 5.41) is 0. The molecule has 0 N–H and O–H groups in total. The average molecular weight is 370 g/mol. The first-order chi connectivity index (χ1) is 13.1. The second-order valence-electron chi connectivity index (χ2n) is 8.49. The normalized spacial score (nSPS) is 21.4. The van der Waals surface area contributed by atoms with E-state index in [-0.39, 0.29) is 23.6 Å². The topological polar surface area (TPSA) is 60.1 Å². The summed E-state index contributed by atoms with van der Waals surface area (Å²) in [7, 11) is 0. The van der Waals surface area contributed by atoms with Gasteiger partial charge >= 0.3 is 5.69 Å². The third-order valence-corrected chi connectivity index (χ3v) is 6.22. The van der Waals surface area contributed by atoms with Crippen molar-refractivity contribution in [2.24, 2.45) is 11.8 Å². The van der Waals surface area contributed by atoms with Gasteiger partial charge in [-0.05, 0) is 37.3 Å². The van der Waals surface area contributed by atoms with Crippen LogP contribution in [0.25, 0.3) is 11.2 Å². The number of fused-ring (bicyclic) bond motifs is 1. The number of rotatable bonds is 4. The molecule has 2 aliphatic rings. The van der Waals surface area contributed by atoms with Crippen molar-refractivity contribution in [1.82, 2.24) is 19.0 Å². The van der Waals surface area contributed by atoms with Crippen molar-refractivity contribution in [3.05, 3.63) is 28.8 Å². The van der Waals surface area contributed by atoms with Crippen molar-refractivity contribution < 1.29 is 4.79 Å². The molecule has 3 heterocycles. The highest BCUT2D eigenvalue weighted by molar-refractivity contribution is 5.78. The van der Waals surface area contributed by atoms with Crippen molar-refractivity contribution in [2.45, 2.75) is 65.0 Å². The number of likely N-dealkylation sites (tertiary alicyclic amines) is 1. The van der Waals surface area contributed by atoms with E-state index >= 15 is 0 Å². The third-order valence-electron chi connectivity index (χ3n) is 6.22. The summed E-state index contributed by atoms with van der Waals surface area (Å²) in [6.07, 6.45) is 8.85. The minimum absolute atomic E-state index is 0.00811. The molecule has 1 atom stereocenters. The van der Waals surface area contributed by atoms with E-state index in [1.54, 1.807) is 6.20 Å². The standard InChI is InChI=1S/C21H30N4O2/c1-15(2)20(26)23-12-10-17(14-23)25-19-18(9-6-11-22-19)24(21(25)27)13-16-7-4-3-5-8-16/h6,9,11,15-17H,3-5,7-8,10,12-14H2,1-2H3/t17-/m1/s1. The minimum atomic E-state index is -0.00811. The monoisotopic (exact) mass is 370 g/mol. The van der Waals surface area contributed by atoms with E-state index in [0.717, 1.165) is 30.7 Å². The Hall–Kier alpha value is -2.11. The second kappa shape index (κ2) is 7.49. The average Bonchev–Trinajstić information content (AvgIpc) is 3.25. The van der Waals surface area contributed by atoms with Gasteiger partial charge in [0.25, 0.3) is 0 Å². The summed E-state index contributed by atoms with van der Waals surface area (Å²) in [4.78, 5) is 32.1. The molecule has 1 saturated heterocycles. The minimum Gasteiger partial charge on any atom is -0.340 e. The predicted octanol–water partition coefficient (Wildman–Crippen LogP) is 3.21. The molecule has 1 amide bonds. The van der Waals surface area contributed by atoms with Gasteiger partial charge in [-0.25, -0.2) is 9.78 Å². The van der Waals surface area contributed by atoms with Gasteiger partial charge in [0, 0.05) is 31.7 Å². The maximum atomic E-state index is 13.3. The number of aromatic nitrogens is 3. The second-order valence-corrected chi connectivity index (χ2v) is 8.49. The number of pyridine rings is 1. The summed E-state index contributed by atoms with van der Waals surface area (Å²) in [5.74, 6) is 0.744. The van der Waals surface area contributed by atoms with Gasteiger partial charge in [-0.2, -0.15) is 0 Å². The van der Waals surface area contributed by atoms with Crippen molar-refractivity contribution in [3.63, 3.8) is 0 Å². The maximum absolute atomic E-state index is 13.3. The molecule has 0 radical (unpaired) electrons. The Bertz CT molecular complexity index is 876. The molecule has 0 bridgehead atoms. The Morgan fingerprint density at radius 1 is 1.22 bits per heavy atom. The Balaban J connectivity index is 1.66. The zero-order valence-electron chi connectivity index (χ0n) is 16.4. The molecule has 146 valence electrons. The lowest BCUT2D eigenvalue weighted by Crippen LogP contribution is -2.34. The zero-order chi connectivity index (χ0) is 19.0. The van der Waals surface area contributed by atoms with Crippen LogP contribution in [0.4, 0.5) is 0 Å². The smallest absolute Gasteiger partial charge is 0.330 e. The summed E-state index contributed by atoms with van der Waals surface area (Å²) in [6.45, 7) is 5.97. The molecular weight excluding hydrogens is 340 g/mol. The van der Waals surface area contributed by atoms with Crippen molar-refractivity contribution in [2.75, 3.05) is 13.1 Å². The fourth-order valence-corrected chi connectivity index (χ4v) is 4.76. The van der Waals surface area contributed by atoms with E-state index in [2.05, 4.69) is 4.98 Å². The lowest BCUT2D eigenvalue weighted by atomic mass is 9.89. The van der Waals surface area contributed by atoms with Gasteiger partial charge in [-0.1, -0.05) is 33.1 Å². The summed E-state index contributed by atoms with van der Waals surface area (Å²) in [5.41, 5.74) is 1.74. The summed E-state index contributed by atoms with van der Waals surface area (Å²) < 4.78 is 3.79. The van der Waals surface area contributed by atoms with Crippen LogP contribution in [0.3, 0.4) is 0 Å². The lowest BCUT2D eigenvalue weighted by molar-refractivity contribution is -0.133. The number of hydrogen-bond donors (Lipinski definition) is 0. The molecule has 1 aliphatic heterocycles. The molecule has 6 nitrogen and oxygen atoms in total. The van der Waals surface area contributed by atoms with Crippen LogP contribution in [0.15, 0.2) is 23.1 Å². The highest BCUT2D eigenvalue weighted by Crippen LogP contribution is 2.28. The first kappa shape index (κ1) is 18.3. The van der Waals surface area contributed by atoms with Crippen LogP contribution in [0.5, 0.6) is 0 Å². The summed E-state index contributed by atoms with van der Waals surface area (Å²) in [6, 6.07) is 3.94. The molecule has 2 aromatic heterocycles. The Labute approximate surface area is 160 Å². The fourth-order valence-electron chi connectivity index (χ4n) is 4.76. The number of imidazole rings is 1. The molecular formula is C21H30N4O2. The first-order valence-corrected chi connectivity index (χ1v) is 10.4. The van der Waals surface area contributed by atoms with Gasteiger partial charge in [0.15, 0.2) is 5.65 Å². The number of nitrogens with zero attached hydrogens (tertiary/aromatic N) is 4. The molecule has 6 heteroatoms. The van der Waals surface area contributed by atoms with Crippen molar-refractivity contribution in [3.8, 4) is 0 Å². The highest BCUT2D eigenvalue weighted by atomic mass is 16.2. The maximum Gasteiger partial charge on any atom is 0.330 e. The Morgan fingerprint density at radius 2 is 2.00 bits per heavy atom. The van der Waals surface area contributed by atoms with E-state index < -0.39 is 0 Å². The van der Waals surface area contributed by atoms with Gasteiger partial charge in [0.2, 0.25) is 5.91 Å². The van der Waals surface area contributed by atoms with Gasteiger partial charge in [-0.15, -0.1) is 0 Å². The van der Waals surface area contributed by atoms with Crippen LogP contribution < -0.4 is 5.69 Å². The largest absolute Gasteiger partial charge is 0.340 e. The number of carbonyl (C=O) groups is 1. The van der Waals surface area contributed by atoms with E-state index in [4.69, 9.17) is 0 Å². The third kappa shape index (κ3) is 3.42. The molecule has 27 heavy (non-hydrogen) atoms. The quantitative estimate of drug-likeness (QED) is 0.830. The Morgan fingerprint density at radius 3 is 2.74 bits per heavy atom. The van der Waals surface area contributed by atoms with Crippen molar-refractivity contribution in [1.29, 1.82) is 0 Å². The highest BCUT2D eigenvalue weighted by Gasteiger charge is 2.32. The molecule has 0 aromatic carbocycles. The lowest BCUT2D eigenvalue weighted by Gasteiger charge is -2.21. The summed E-state index contributed by atoms with van der Waals surface area (Å²) >= 11 is 0. The zero-order valence-corrected chi connectivity index (χ0v) is 16.4. The fraction of sp³-hybridized carbons (Fsp3) is 0.667. The van der Waals surface area contributed by atoms with Gasteiger partial charge in [0.05, 0.1) is 11.6 Å². The van der Waals surface area contributed by atoms with E-state index in [1.807, 2.05) is 40.0 Å². The molecule has 2 fully saturated rings. The van der Waals surface area contributed by atoms with Crippen LogP contribution >= 0.6 is 0 Å². The van der Waals surface area contributed by atoms with Crippen molar-refractivity contribution >= 4 is 17.1 Å². The van der Waals surface area contributed by atoms with E-state index in [1.165, 1.54) is 32.1 Å². The predicted molar refractivity (Wildman–Crippen MR) is 106 cm³/mol. The van der Waals surface area contributed by atoms with Crippen LogP contribution in [0.1, 0.15) is 58.4 Å². The number of hydrogen-bond acceptors (Lipinski definition) is 3. The molecule has 1 saturated carbocycles. The van der Waals surface area contributed by atoms with Crippen LogP contribution in [-0.2, 0) is 11.3 Å². The molecule has 0 spiro atoms. The molecule has 4 rings (SSSR count). The van der Waals surface area contributed by atoms with E-state index in [9.17, 15) is 9.59 Å². The van der Waals surface area contributed by atoms with Crippen LogP contribution in [0.2, 0.25) is 0 Å². The van der Waals surface area contributed by atoms with Crippen LogP contribution in [0, 0.1) is 11.8 Å². The SMILES string of the molecule is CC(C)C(=O)N1CC[C@@H](n2c(=O)n(CC3CCCCC3)c3cccnc32)C1.